The Morgan fingerprint density at radius 1 is 1.15 bits per heavy atom. The monoisotopic (exact) mass is 496 g/mol. The summed E-state index contributed by atoms with van der Waals surface area (Å²) in [5, 5.41) is 7.26. The quantitative estimate of drug-likeness (QED) is 0.348. The minimum atomic E-state index is 0. The number of aliphatic imine (C=N–C) groups is 1. The highest BCUT2D eigenvalue weighted by molar-refractivity contribution is 14.0. The molecule has 0 atom stereocenters. The van der Waals surface area contributed by atoms with Crippen LogP contribution in [0, 0.1) is 0 Å². The Kier molecular flexibility index (Phi) is 9.82. The second-order valence-corrected chi connectivity index (χ2v) is 9.09. The van der Waals surface area contributed by atoms with Crippen LogP contribution in [0.3, 0.4) is 0 Å². The van der Waals surface area contributed by atoms with Gasteiger partial charge in [0.2, 0.25) is 0 Å². The van der Waals surface area contributed by atoms with Crippen molar-refractivity contribution in [3.05, 3.63) is 0 Å². The Morgan fingerprint density at radius 3 is 2.38 bits per heavy atom. The number of nitrogens with zero attached hydrogens (tertiary/aromatic N) is 2. The topological polar surface area (TPSA) is 48.9 Å². The number of likely N-dealkylation sites (tertiary alicyclic amines) is 1. The van der Waals surface area contributed by atoms with E-state index in [9.17, 15) is 0 Å². The van der Waals surface area contributed by atoms with E-state index < -0.39 is 0 Å². The lowest BCUT2D eigenvalue weighted by molar-refractivity contribution is 0.0782. The van der Waals surface area contributed by atoms with Crippen molar-refractivity contribution in [2.45, 2.75) is 68.2 Å². The van der Waals surface area contributed by atoms with Gasteiger partial charge >= 0.3 is 0 Å². The first kappa shape index (κ1) is 22.6. The van der Waals surface area contributed by atoms with E-state index in [1.807, 2.05) is 18.8 Å². The molecule has 0 aromatic heterocycles. The molecule has 5 nitrogen and oxygen atoms in total. The molecule has 3 aliphatic rings. The van der Waals surface area contributed by atoms with E-state index in [-0.39, 0.29) is 24.0 Å². The molecule has 0 unspecified atom stereocenters. The zero-order valence-electron chi connectivity index (χ0n) is 16.5. The highest BCUT2D eigenvalue weighted by Crippen LogP contribution is 2.33. The molecule has 152 valence electrons. The van der Waals surface area contributed by atoms with Crippen LogP contribution in [-0.2, 0) is 4.74 Å². The zero-order valence-corrected chi connectivity index (χ0v) is 19.6. The Labute approximate surface area is 180 Å². The average Bonchev–Trinajstić information content (AvgIpc) is 3.21. The highest BCUT2D eigenvalue weighted by atomic mass is 127. The molecule has 3 fully saturated rings. The lowest BCUT2D eigenvalue weighted by Gasteiger charge is -2.38. The predicted molar refractivity (Wildman–Crippen MR) is 123 cm³/mol. The second-order valence-electron chi connectivity index (χ2n) is 7.82. The largest absolute Gasteiger partial charge is 0.381 e. The van der Waals surface area contributed by atoms with Crippen molar-refractivity contribution in [1.82, 2.24) is 15.5 Å². The predicted octanol–water partition coefficient (Wildman–Crippen LogP) is 3.09. The van der Waals surface area contributed by atoms with Crippen molar-refractivity contribution in [3.63, 3.8) is 0 Å². The maximum absolute atomic E-state index is 5.54. The number of hydrogen-bond donors (Lipinski definition) is 2. The molecule has 0 amide bonds. The Hall–Kier alpha value is 0.270. The van der Waals surface area contributed by atoms with Gasteiger partial charge in [-0.05, 0) is 44.8 Å². The van der Waals surface area contributed by atoms with Crippen molar-refractivity contribution in [1.29, 1.82) is 0 Å². The van der Waals surface area contributed by atoms with Crippen LogP contribution in [0.15, 0.2) is 4.99 Å². The third-order valence-electron chi connectivity index (χ3n) is 6.35. The number of halogens is 1. The lowest BCUT2D eigenvalue weighted by Crippen LogP contribution is -2.53. The molecular formula is C19H37IN4OS. The first-order chi connectivity index (χ1) is 12.2. The molecule has 7 heteroatoms. The van der Waals surface area contributed by atoms with E-state index in [1.165, 1.54) is 51.6 Å². The maximum Gasteiger partial charge on any atom is 0.191 e. The van der Waals surface area contributed by atoms with Crippen LogP contribution in [0.1, 0.15) is 51.4 Å². The molecule has 26 heavy (non-hydrogen) atoms. The Bertz CT molecular complexity index is 431. The van der Waals surface area contributed by atoms with E-state index in [0.717, 1.165) is 44.6 Å². The zero-order chi connectivity index (χ0) is 17.5. The van der Waals surface area contributed by atoms with Gasteiger partial charge in [-0.2, -0.15) is 11.8 Å². The first-order valence-electron chi connectivity index (χ1n) is 10.1. The van der Waals surface area contributed by atoms with Crippen LogP contribution in [0.4, 0.5) is 0 Å². The summed E-state index contributed by atoms with van der Waals surface area (Å²) in [7, 11) is 1.89. The van der Waals surface area contributed by atoms with Gasteiger partial charge in [0, 0.05) is 56.7 Å². The van der Waals surface area contributed by atoms with Crippen LogP contribution >= 0.6 is 35.7 Å². The molecule has 0 aromatic rings. The van der Waals surface area contributed by atoms with E-state index in [4.69, 9.17) is 4.74 Å². The summed E-state index contributed by atoms with van der Waals surface area (Å²) in [4.78, 5) is 7.20. The fourth-order valence-electron chi connectivity index (χ4n) is 4.51. The second kappa shape index (κ2) is 11.3. The molecule has 1 aliphatic carbocycles. The summed E-state index contributed by atoms with van der Waals surface area (Å²) in [5.41, 5.74) is 0. The van der Waals surface area contributed by atoms with Gasteiger partial charge in [0.15, 0.2) is 5.96 Å². The number of thioether (sulfide) groups is 1. The van der Waals surface area contributed by atoms with Gasteiger partial charge in [-0.1, -0.05) is 12.8 Å². The van der Waals surface area contributed by atoms with Gasteiger partial charge in [-0.25, -0.2) is 0 Å². The number of nitrogens with one attached hydrogen (secondary N) is 2. The van der Waals surface area contributed by atoms with Gasteiger partial charge < -0.3 is 20.3 Å². The van der Waals surface area contributed by atoms with E-state index >= 15 is 0 Å². The lowest BCUT2D eigenvalue weighted by atomic mass is 9.99. The first-order valence-corrected chi connectivity index (χ1v) is 11.3. The van der Waals surface area contributed by atoms with Gasteiger partial charge in [0.1, 0.15) is 0 Å². The highest BCUT2D eigenvalue weighted by Gasteiger charge is 2.32. The summed E-state index contributed by atoms with van der Waals surface area (Å²) in [6.45, 7) is 5.22. The molecule has 2 saturated heterocycles. The molecule has 2 N–H and O–H groups in total. The number of piperidine rings is 1. The molecule has 0 spiro atoms. The third kappa shape index (κ3) is 6.14. The number of ether oxygens (including phenoxy) is 1. The third-order valence-corrected chi connectivity index (χ3v) is 7.77. The Balaban J connectivity index is 0.00000243. The molecule has 0 radical (unpaired) electrons. The minimum Gasteiger partial charge on any atom is -0.381 e. The van der Waals surface area contributed by atoms with Crippen LogP contribution in [0.5, 0.6) is 0 Å². The summed E-state index contributed by atoms with van der Waals surface area (Å²) in [5.74, 6) is 0.972. The van der Waals surface area contributed by atoms with Crippen LogP contribution in [0.2, 0.25) is 0 Å². The Morgan fingerprint density at radius 2 is 1.81 bits per heavy atom. The molecule has 2 heterocycles. The smallest absolute Gasteiger partial charge is 0.191 e. The molecule has 0 aromatic carbocycles. The van der Waals surface area contributed by atoms with Crippen molar-refractivity contribution in [2.24, 2.45) is 4.99 Å². The fraction of sp³-hybridized carbons (Fsp3) is 0.947. The van der Waals surface area contributed by atoms with Crippen LogP contribution in [0.25, 0.3) is 0 Å². The fourth-order valence-corrected chi connectivity index (χ4v) is 5.30. The van der Waals surface area contributed by atoms with Gasteiger partial charge in [0.05, 0.1) is 0 Å². The van der Waals surface area contributed by atoms with E-state index in [2.05, 4.69) is 26.8 Å². The standard InChI is InChI=1S/C19H36N4OS.HI/c1-20-18(21-15-19(25-2)9-13-24-14-10-19)22-16-7-11-23(12-8-16)17-5-3-4-6-17;/h16-17H,3-15H2,1-2H3,(H2,20,21,22);1H. The SMILES string of the molecule is CN=C(NCC1(SC)CCOCC1)NC1CCN(C2CCCC2)CC1.I. The molecular weight excluding hydrogens is 459 g/mol. The summed E-state index contributed by atoms with van der Waals surface area (Å²) in [6, 6.07) is 1.43. The molecule has 0 bridgehead atoms. The minimum absolute atomic E-state index is 0. The van der Waals surface area contributed by atoms with E-state index in [0.29, 0.717) is 10.8 Å². The maximum atomic E-state index is 5.54. The normalized spacial score (nSPS) is 25.7. The molecule has 3 rings (SSSR count). The van der Waals surface area contributed by atoms with Crippen LogP contribution in [-0.4, -0.2) is 73.8 Å². The van der Waals surface area contributed by atoms with Crippen LogP contribution < -0.4 is 10.6 Å². The molecule has 1 saturated carbocycles. The van der Waals surface area contributed by atoms with Crippen molar-refractivity contribution < 1.29 is 4.74 Å². The van der Waals surface area contributed by atoms with E-state index in [1.54, 1.807) is 0 Å². The van der Waals surface area contributed by atoms with Crippen molar-refractivity contribution >= 4 is 41.7 Å². The number of hydrogen-bond acceptors (Lipinski definition) is 4. The van der Waals surface area contributed by atoms with Gasteiger partial charge in [-0.3, -0.25) is 4.99 Å². The molecule has 2 aliphatic heterocycles. The number of rotatable bonds is 5. The number of guanidine groups is 1. The summed E-state index contributed by atoms with van der Waals surface area (Å²) < 4.78 is 5.84. The average molecular weight is 497 g/mol. The summed E-state index contributed by atoms with van der Waals surface area (Å²) in [6.07, 6.45) is 12.6. The van der Waals surface area contributed by atoms with Crippen molar-refractivity contribution in [2.75, 3.05) is 46.2 Å². The van der Waals surface area contributed by atoms with Gasteiger partial charge in [0.25, 0.3) is 0 Å². The van der Waals surface area contributed by atoms with Gasteiger partial charge in [-0.15, -0.1) is 24.0 Å². The summed E-state index contributed by atoms with van der Waals surface area (Å²) >= 11 is 1.97. The van der Waals surface area contributed by atoms with Crippen molar-refractivity contribution in [3.8, 4) is 0 Å².